The number of hydrogen-bond acceptors (Lipinski definition) is 2. The van der Waals surface area contributed by atoms with Crippen LogP contribution in [0, 0.1) is 5.82 Å². The Kier molecular flexibility index (Phi) is 3.25. The molecule has 0 radical (unpaired) electrons. The standard InChI is InChI=1S/C11H14FNO/c1-7(2)11(13)8-4-5-10(14-3)9(12)6-8/h4-6,11H,1,13H2,2-3H3. The van der Waals surface area contributed by atoms with Gasteiger partial charge in [-0.15, -0.1) is 0 Å². The monoisotopic (exact) mass is 195 g/mol. The van der Waals surface area contributed by atoms with E-state index in [4.69, 9.17) is 10.5 Å². The Morgan fingerprint density at radius 2 is 2.21 bits per heavy atom. The molecule has 3 heteroatoms. The summed E-state index contributed by atoms with van der Waals surface area (Å²) in [5.74, 6) is -0.177. The second-order valence-electron chi connectivity index (χ2n) is 3.22. The number of benzene rings is 1. The van der Waals surface area contributed by atoms with Crippen LogP contribution in [0.3, 0.4) is 0 Å². The molecular weight excluding hydrogens is 181 g/mol. The van der Waals surface area contributed by atoms with E-state index in [1.165, 1.54) is 13.2 Å². The number of methoxy groups -OCH3 is 1. The van der Waals surface area contributed by atoms with Crippen LogP contribution in [0.15, 0.2) is 30.4 Å². The summed E-state index contributed by atoms with van der Waals surface area (Å²) >= 11 is 0. The second kappa shape index (κ2) is 4.24. The van der Waals surface area contributed by atoms with Crippen LogP contribution in [0.4, 0.5) is 4.39 Å². The first-order valence-corrected chi connectivity index (χ1v) is 4.30. The number of ether oxygens (including phenoxy) is 1. The Balaban J connectivity index is 3.02. The van der Waals surface area contributed by atoms with Crippen LogP contribution in [0.5, 0.6) is 5.75 Å². The van der Waals surface area contributed by atoms with Crippen LogP contribution >= 0.6 is 0 Å². The van der Waals surface area contributed by atoms with E-state index >= 15 is 0 Å². The van der Waals surface area contributed by atoms with Gasteiger partial charge in [-0.25, -0.2) is 4.39 Å². The summed E-state index contributed by atoms with van der Waals surface area (Å²) in [5, 5.41) is 0. The molecule has 1 aromatic carbocycles. The molecule has 0 saturated heterocycles. The van der Waals surface area contributed by atoms with Crippen molar-refractivity contribution < 1.29 is 9.13 Å². The molecule has 2 N–H and O–H groups in total. The molecule has 0 aliphatic rings. The predicted octanol–water partition coefficient (Wildman–Crippen LogP) is 2.41. The molecule has 0 saturated carbocycles. The third-order valence-electron chi connectivity index (χ3n) is 2.07. The minimum Gasteiger partial charge on any atom is -0.494 e. The lowest BCUT2D eigenvalue weighted by Crippen LogP contribution is -2.11. The lowest BCUT2D eigenvalue weighted by molar-refractivity contribution is 0.386. The largest absolute Gasteiger partial charge is 0.494 e. The molecule has 14 heavy (non-hydrogen) atoms. The predicted molar refractivity (Wildman–Crippen MR) is 54.7 cm³/mol. The molecule has 2 nitrogen and oxygen atoms in total. The highest BCUT2D eigenvalue weighted by Crippen LogP contribution is 2.23. The van der Waals surface area contributed by atoms with Crippen molar-refractivity contribution in [3.05, 3.63) is 41.7 Å². The van der Waals surface area contributed by atoms with E-state index < -0.39 is 5.82 Å². The Morgan fingerprint density at radius 3 is 2.64 bits per heavy atom. The Labute approximate surface area is 83.2 Å². The molecular formula is C11H14FNO. The maximum Gasteiger partial charge on any atom is 0.165 e. The Bertz CT molecular complexity index is 349. The van der Waals surface area contributed by atoms with Gasteiger partial charge < -0.3 is 10.5 Å². The fourth-order valence-corrected chi connectivity index (χ4v) is 1.16. The zero-order chi connectivity index (χ0) is 10.7. The average molecular weight is 195 g/mol. The molecule has 0 aromatic heterocycles. The lowest BCUT2D eigenvalue weighted by atomic mass is 10.0. The zero-order valence-electron chi connectivity index (χ0n) is 8.38. The molecule has 0 fully saturated rings. The molecule has 0 spiro atoms. The molecule has 0 bridgehead atoms. The van der Waals surface area contributed by atoms with E-state index in [1.54, 1.807) is 12.1 Å². The van der Waals surface area contributed by atoms with Crippen molar-refractivity contribution in [2.24, 2.45) is 5.73 Å². The van der Waals surface area contributed by atoms with Crippen LogP contribution in [0.1, 0.15) is 18.5 Å². The third kappa shape index (κ3) is 2.12. The van der Waals surface area contributed by atoms with E-state index in [0.29, 0.717) is 5.56 Å². The maximum atomic E-state index is 13.3. The summed E-state index contributed by atoms with van der Waals surface area (Å²) in [6.07, 6.45) is 0. The smallest absolute Gasteiger partial charge is 0.165 e. The van der Waals surface area contributed by atoms with Crippen molar-refractivity contribution in [3.8, 4) is 5.75 Å². The van der Waals surface area contributed by atoms with Gasteiger partial charge in [0.25, 0.3) is 0 Å². The van der Waals surface area contributed by atoms with Crippen LogP contribution in [0.2, 0.25) is 0 Å². The van der Waals surface area contributed by atoms with E-state index in [-0.39, 0.29) is 11.8 Å². The molecule has 1 atom stereocenters. The summed E-state index contributed by atoms with van der Waals surface area (Å²) in [6, 6.07) is 4.35. The van der Waals surface area contributed by atoms with Crippen molar-refractivity contribution in [2.75, 3.05) is 7.11 Å². The van der Waals surface area contributed by atoms with Crippen LogP contribution in [-0.4, -0.2) is 7.11 Å². The molecule has 76 valence electrons. The molecule has 1 unspecified atom stereocenters. The molecule has 0 aliphatic heterocycles. The molecule has 0 aliphatic carbocycles. The highest BCUT2D eigenvalue weighted by molar-refractivity contribution is 5.33. The van der Waals surface area contributed by atoms with Gasteiger partial charge in [-0.1, -0.05) is 18.2 Å². The summed E-state index contributed by atoms with van der Waals surface area (Å²) in [5.41, 5.74) is 7.30. The van der Waals surface area contributed by atoms with Crippen molar-refractivity contribution in [2.45, 2.75) is 13.0 Å². The topological polar surface area (TPSA) is 35.2 Å². The van der Waals surface area contributed by atoms with Gasteiger partial charge in [0.2, 0.25) is 0 Å². The van der Waals surface area contributed by atoms with Crippen LogP contribution < -0.4 is 10.5 Å². The van der Waals surface area contributed by atoms with Gasteiger partial charge in [0, 0.05) is 0 Å². The summed E-state index contributed by atoms with van der Waals surface area (Å²) in [7, 11) is 1.43. The minimum absolute atomic E-state index is 0.225. The molecule has 1 rings (SSSR count). The second-order valence-corrected chi connectivity index (χ2v) is 3.22. The van der Waals surface area contributed by atoms with Crippen molar-refractivity contribution in [1.82, 2.24) is 0 Å². The van der Waals surface area contributed by atoms with Gasteiger partial charge in [0.1, 0.15) is 0 Å². The van der Waals surface area contributed by atoms with Crippen LogP contribution in [-0.2, 0) is 0 Å². The van der Waals surface area contributed by atoms with E-state index in [2.05, 4.69) is 6.58 Å². The van der Waals surface area contributed by atoms with E-state index in [0.717, 1.165) is 5.57 Å². The number of nitrogens with two attached hydrogens (primary N) is 1. The Hall–Kier alpha value is -1.35. The summed E-state index contributed by atoms with van der Waals surface area (Å²) < 4.78 is 18.1. The van der Waals surface area contributed by atoms with Gasteiger partial charge in [-0.05, 0) is 24.6 Å². The van der Waals surface area contributed by atoms with Gasteiger partial charge in [0.05, 0.1) is 13.2 Å². The SMILES string of the molecule is C=C(C)C(N)c1ccc(OC)c(F)c1. The quantitative estimate of drug-likeness (QED) is 0.752. The van der Waals surface area contributed by atoms with Gasteiger partial charge in [-0.3, -0.25) is 0 Å². The fourth-order valence-electron chi connectivity index (χ4n) is 1.16. The zero-order valence-corrected chi connectivity index (χ0v) is 8.38. The van der Waals surface area contributed by atoms with Crippen molar-refractivity contribution in [3.63, 3.8) is 0 Å². The van der Waals surface area contributed by atoms with Gasteiger partial charge in [0.15, 0.2) is 11.6 Å². The minimum atomic E-state index is -0.401. The van der Waals surface area contributed by atoms with Crippen molar-refractivity contribution in [1.29, 1.82) is 0 Å². The fraction of sp³-hybridized carbons (Fsp3) is 0.273. The molecule has 0 heterocycles. The van der Waals surface area contributed by atoms with Crippen LogP contribution in [0.25, 0.3) is 0 Å². The summed E-state index contributed by atoms with van der Waals surface area (Å²) in [6.45, 7) is 5.54. The molecule has 0 amide bonds. The maximum absolute atomic E-state index is 13.3. The number of rotatable bonds is 3. The van der Waals surface area contributed by atoms with E-state index in [1.807, 2.05) is 6.92 Å². The summed E-state index contributed by atoms with van der Waals surface area (Å²) in [4.78, 5) is 0. The number of halogens is 1. The lowest BCUT2D eigenvalue weighted by Gasteiger charge is -2.12. The van der Waals surface area contributed by atoms with Gasteiger partial charge >= 0.3 is 0 Å². The van der Waals surface area contributed by atoms with Crippen molar-refractivity contribution >= 4 is 0 Å². The van der Waals surface area contributed by atoms with Gasteiger partial charge in [-0.2, -0.15) is 0 Å². The first-order chi connectivity index (χ1) is 6.56. The molecule has 1 aromatic rings. The highest BCUT2D eigenvalue weighted by Gasteiger charge is 2.09. The average Bonchev–Trinajstić information content (AvgIpc) is 2.16. The first-order valence-electron chi connectivity index (χ1n) is 4.30. The highest BCUT2D eigenvalue weighted by atomic mass is 19.1. The normalized spacial score (nSPS) is 12.3. The van der Waals surface area contributed by atoms with E-state index in [9.17, 15) is 4.39 Å². The first kappa shape index (κ1) is 10.7. The number of hydrogen-bond donors (Lipinski definition) is 1. The third-order valence-corrected chi connectivity index (χ3v) is 2.07. The Morgan fingerprint density at radius 1 is 1.57 bits per heavy atom.